The minimum absolute atomic E-state index is 0.0788. The van der Waals surface area contributed by atoms with E-state index in [0.717, 1.165) is 23.2 Å². The summed E-state index contributed by atoms with van der Waals surface area (Å²) in [6, 6.07) is 7.67. The van der Waals surface area contributed by atoms with Crippen LogP contribution in [-0.4, -0.2) is 9.55 Å². The topological polar surface area (TPSA) is 56.2 Å². The molecule has 0 fully saturated rings. The molecule has 0 aliphatic heterocycles. The minimum atomic E-state index is -0.0788. The Bertz CT molecular complexity index is 736. The van der Waals surface area contributed by atoms with Gasteiger partial charge in [-0.15, -0.1) is 0 Å². The summed E-state index contributed by atoms with van der Waals surface area (Å²) in [5.41, 5.74) is 3.76. The zero-order chi connectivity index (χ0) is 16.3. The number of allylic oxidation sites excluding steroid dienone is 1. The number of nitrogens with two attached hydrogens (primary N) is 1. The first-order valence-electron chi connectivity index (χ1n) is 7.07. The van der Waals surface area contributed by atoms with Crippen molar-refractivity contribution < 1.29 is 0 Å². The van der Waals surface area contributed by atoms with Crippen molar-refractivity contribution in [2.24, 2.45) is 16.4 Å². The Morgan fingerprint density at radius 1 is 1.27 bits per heavy atom. The number of aromatic nitrogens is 2. The predicted octanol–water partition coefficient (Wildman–Crippen LogP) is 3.42. The number of nitrogens with zero attached hydrogens (tertiary/aromatic N) is 3. The zero-order valence-electron chi connectivity index (χ0n) is 13.2. The highest BCUT2D eigenvalue weighted by Crippen LogP contribution is 2.26. The Kier molecular flexibility index (Phi) is 4.71. The van der Waals surface area contributed by atoms with Crippen LogP contribution in [0.1, 0.15) is 31.9 Å². The predicted molar refractivity (Wildman–Crippen MR) is 91.0 cm³/mol. The number of hydrogen-bond donors (Lipinski definition) is 1. The van der Waals surface area contributed by atoms with Gasteiger partial charge in [-0.05, 0) is 23.3 Å². The van der Waals surface area contributed by atoms with E-state index in [0.29, 0.717) is 10.6 Å². The van der Waals surface area contributed by atoms with E-state index in [1.54, 1.807) is 12.3 Å². The molecule has 2 aromatic heterocycles. The first-order chi connectivity index (χ1) is 10.3. The largest absolute Gasteiger partial charge is 0.321 e. The van der Waals surface area contributed by atoms with Crippen molar-refractivity contribution in [1.29, 1.82) is 0 Å². The summed E-state index contributed by atoms with van der Waals surface area (Å²) in [4.78, 5) is 4.11. The Morgan fingerprint density at radius 2 is 1.95 bits per heavy atom. The molecule has 2 rings (SSSR count). The van der Waals surface area contributed by atoms with Crippen LogP contribution in [0.4, 0.5) is 0 Å². The Balaban J connectivity index is 2.39. The maximum absolute atomic E-state index is 5.82. The second-order valence-corrected chi connectivity index (χ2v) is 6.64. The SMILES string of the molecule is C=C(n1cc(Cc2ccc(Cl)nc2)cc/c1=N/N)C(C)(C)C. The number of pyridine rings is 2. The highest BCUT2D eigenvalue weighted by atomic mass is 35.5. The third-order valence-corrected chi connectivity index (χ3v) is 3.70. The zero-order valence-corrected chi connectivity index (χ0v) is 13.9. The van der Waals surface area contributed by atoms with Crippen molar-refractivity contribution >= 4 is 17.3 Å². The maximum atomic E-state index is 5.82. The van der Waals surface area contributed by atoms with Gasteiger partial charge in [-0.3, -0.25) is 0 Å². The van der Waals surface area contributed by atoms with E-state index in [-0.39, 0.29) is 5.41 Å². The average Bonchev–Trinajstić information content (AvgIpc) is 2.48. The lowest BCUT2D eigenvalue weighted by molar-refractivity contribution is 0.535. The standard InChI is InChI=1S/C17H21ClN4/c1-12(17(2,3)4)22-11-14(6-8-16(22)21-19)9-13-5-7-15(18)20-10-13/h5-8,10-11H,1,9,19H2,2-4H3/b21-16-. The van der Waals surface area contributed by atoms with Gasteiger partial charge in [0.05, 0.1) is 0 Å². The third-order valence-electron chi connectivity index (χ3n) is 3.47. The lowest BCUT2D eigenvalue weighted by atomic mass is 9.92. The molecule has 0 aliphatic rings. The fraction of sp³-hybridized carbons (Fsp3) is 0.294. The monoisotopic (exact) mass is 316 g/mol. The van der Waals surface area contributed by atoms with E-state index in [4.69, 9.17) is 17.4 Å². The first kappa shape index (κ1) is 16.3. The molecule has 2 heterocycles. The lowest BCUT2D eigenvalue weighted by Gasteiger charge is -2.24. The molecular weight excluding hydrogens is 296 g/mol. The summed E-state index contributed by atoms with van der Waals surface area (Å²) in [5, 5.41) is 4.33. The normalized spacial score (nSPS) is 12.5. The Hall–Kier alpha value is -2.07. The Labute approximate surface area is 136 Å². The van der Waals surface area contributed by atoms with Crippen LogP contribution >= 0.6 is 11.6 Å². The molecule has 0 saturated heterocycles. The summed E-state index contributed by atoms with van der Waals surface area (Å²) >= 11 is 5.82. The fourth-order valence-corrected chi connectivity index (χ4v) is 2.18. The molecule has 0 unspecified atom stereocenters. The van der Waals surface area contributed by atoms with Crippen molar-refractivity contribution in [2.75, 3.05) is 0 Å². The van der Waals surface area contributed by atoms with Gasteiger partial charge in [-0.1, -0.05) is 51.1 Å². The third kappa shape index (κ3) is 3.77. The second-order valence-electron chi connectivity index (χ2n) is 6.26. The van der Waals surface area contributed by atoms with E-state index < -0.39 is 0 Å². The van der Waals surface area contributed by atoms with Gasteiger partial charge >= 0.3 is 0 Å². The van der Waals surface area contributed by atoms with E-state index in [1.165, 1.54) is 0 Å². The van der Waals surface area contributed by atoms with Gasteiger partial charge in [-0.25, -0.2) is 4.98 Å². The first-order valence-corrected chi connectivity index (χ1v) is 7.45. The van der Waals surface area contributed by atoms with Gasteiger partial charge in [0.25, 0.3) is 0 Å². The van der Waals surface area contributed by atoms with Crippen LogP contribution < -0.4 is 11.3 Å². The van der Waals surface area contributed by atoms with Gasteiger partial charge in [0.1, 0.15) is 5.15 Å². The number of hydrogen-bond acceptors (Lipinski definition) is 3. The molecule has 0 aliphatic carbocycles. The van der Waals surface area contributed by atoms with Gasteiger partial charge in [-0.2, -0.15) is 5.10 Å². The van der Waals surface area contributed by atoms with Gasteiger partial charge in [0.2, 0.25) is 0 Å². The van der Waals surface area contributed by atoms with Crippen LogP contribution in [0.15, 0.2) is 48.3 Å². The molecule has 0 bridgehead atoms. The van der Waals surface area contributed by atoms with E-state index in [2.05, 4.69) is 37.4 Å². The highest BCUT2D eigenvalue weighted by molar-refractivity contribution is 6.29. The second kappa shape index (κ2) is 6.36. The Morgan fingerprint density at radius 3 is 2.50 bits per heavy atom. The molecule has 116 valence electrons. The summed E-state index contributed by atoms with van der Waals surface area (Å²) in [6.07, 6.45) is 4.56. The maximum Gasteiger partial charge on any atom is 0.156 e. The van der Waals surface area contributed by atoms with Crippen molar-refractivity contribution in [1.82, 2.24) is 9.55 Å². The molecule has 5 heteroatoms. The molecule has 2 aromatic rings. The molecule has 0 atom stereocenters. The lowest BCUT2D eigenvalue weighted by Crippen LogP contribution is -2.26. The minimum Gasteiger partial charge on any atom is -0.321 e. The van der Waals surface area contributed by atoms with E-state index in [1.807, 2.05) is 29.0 Å². The van der Waals surface area contributed by atoms with Crippen molar-refractivity contribution in [2.45, 2.75) is 27.2 Å². The van der Waals surface area contributed by atoms with Crippen LogP contribution in [0.5, 0.6) is 0 Å². The fourth-order valence-electron chi connectivity index (χ4n) is 2.07. The molecule has 2 N–H and O–H groups in total. The molecule has 0 radical (unpaired) electrons. The van der Waals surface area contributed by atoms with Gasteiger partial charge < -0.3 is 10.4 Å². The quantitative estimate of drug-likeness (QED) is 0.536. The molecule has 0 saturated carbocycles. The van der Waals surface area contributed by atoms with Crippen LogP contribution in [0.2, 0.25) is 5.15 Å². The molecule has 4 nitrogen and oxygen atoms in total. The summed E-state index contributed by atoms with van der Waals surface area (Å²) in [5.74, 6) is 5.49. The summed E-state index contributed by atoms with van der Waals surface area (Å²) in [6.45, 7) is 10.5. The van der Waals surface area contributed by atoms with Crippen molar-refractivity contribution in [3.63, 3.8) is 0 Å². The smallest absolute Gasteiger partial charge is 0.156 e. The highest BCUT2D eigenvalue weighted by Gasteiger charge is 2.17. The molecule has 0 amide bonds. The van der Waals surface area contributed by atoms with Crippen LogP contribution in [-0.2, 0) is 6.42 Å². The van der Waals surface area contributed by atoms with Gasteiger partial charge in [0, 0.05) is 29.9 Å². The average molecular weight is 317 g/mol. The van der Waals surface area contributed by atoms with E-state index in [9.17, 15) is 0 Å². The van der Waals surface area contributed by atoms with Crippen LogP contribution in [0.3, 0.4) is 0 Å². The van der Waals surface area contributed by atoms with Crippen LogP contribution in [0, 0.1) is 5.41 Å². The number of halogens is 1. The molecule has 22 heavy (non-hydrogen) atoms. The van der Waals surface area contributed by atoms with Crippen molar-refractivity contribution in [3.05, 3.63) is 65.0 Å². The summed E-state index contributed by atoms with van der Waals surface area (Å²) < 4.78 is 1.94. The molecule has 0 spiro atoms. The van der Waals surface area contributed by atoms with Gasteiger partial charge in [0.15, 0.2) is 5.49 Å². The van der Waals surface area contributed by atoms with Crippen molar-refractivity contribution in [3.8, 4) is 0 Å². The number of rotatable bonds is 3. The molecular formula is C17H21ClN4. The molecule has 0 aromatic carbocycles. The van der Waals surface area contributed by atoms with Crippen LogP contribution in [0.25, 0.3) is 5.70 Å². The van der Waals surface area contributed by atoms with E-state index >= 15 is 0 Å². The summed E-state index contributed by atoms with van der Waals surface area (Å²) in [7, 11) is 0.